The fourth-order valence-corrected chi connectivity index (χ4v) is 3.40. The first-order valence-electron chi connectivity index (χ1n) is 9.14. The Bertz CT molecular complexity index is 1000. The van der Waals surface area contributed by atoms with Crippen LogP contribution in [0.25, 0.3) is 10.8 Å². The van der Waals surface area contributed by atoms with Crippen LogP contribution in [0.4, 0.5) is 17.6 Å². The van der Waals surface area contributed by atoms with E-state index < -0.39 is 6.36 Å². The zero-order valence-corrected chi connectivity index (χ0v) is 15.2. The van der Waals surface area contributed by atoms with Crippen molar-refractivity contribution in [2.24, 2.45) is 0 Å². The second kappa shape index (κ2) is 7.87. The molecule has 0 radical (unpaired) electrons. The summed E-state index contributed by atoms with van der Waals surface area (Å²) in [6.45, 7) is 0.374. The summed E-state index contributed by atoms with van der Waals surface area (Å²) in [7, 11) is 0. The average Bonchev–Trinajstić information content (AvgIpc) is 2.63. The third-order valence-electron chi connectivity index (χ3n) is 4.88. The first-order chi connectivity index (χ1) is 13.9. The van der Waals surface area contributed by atoms with Gasteiger partial charge in [-0.2, -0.15) is 0 Å². The van der Waals surface area contributed by atoms with E-state index in [1.54, 1.807) is 30.6 Å². The highest BCUT2D eigenvalue weighted by molar-refractivity contribution is 5.84. The van der Waals surface area contributed by atoms with E-state index in [0.717, 1.165) is 10.8 Å². The van der Waals surface area contributed by atoms with Crippen LogP contribution in [0.15, 0.2) is 54.9 Å². The summed E-state index contributed by atoms with van der Waals surface area (Å²) in [6, 6.07) is 10.5. The monoisotopic (exact) mass is 406 g/mol. The van der Waals surface area contributed by atoms with Crippen LogP contribution >= 0.6 is 0 Å². The average molecular weight is 406 g/mol. The molecule has 0 atom stereocenters. The van der Waals surface area contributed by atoms with Gasteiger partial charge in [-0.3, -0.25) is 4.98 Å². The normalized spacial score (nSPS) is 19.0. The lowest BCUT2D eigenvalue weighted by atomic mass is 9.89. The van der Waals surface area contributed by atoms with Gasteiger partial charge in [0, 0.05) is 42.0 Å². The predicted molar refractivity (Wildman–Crippen MR) is 99.1 cm³/mol. The SMILES string of the molecule is Fc1ccc2cnccc2c1CN[C@H]1C[C@H](Oc2cccc(OC(F)(F)F)c2)C1. The van der Waals surface area contributed by atoms with Gasteiger partial charge in [0.05, 0.1) is 0 Å². The van der Waals surface area contributed by atoms with Crippen LogP contribution in [-0.2, 0) is 6.54 Å². The van der Waals surface area contributed by atoms with E-state index in [9.17, 15) is 17.6 Å². The van der Waals surface area contributed by atoms with Gasteiger partial charge < -0.3 is 14.8 Å². The van der Waals surface area contributed by atoms with E-state index in [4.69, 9.17) is 4.74 Å². The van der Waals surface area contributed by atoms with Crippen LogP contribution < -0.4 is 14.8 Å². The van der Waals surface area contributed by atoms with Gasteiger partial charge in [0.2, 0.25) is 0 Å². The molecule has 0 amide bonds. The Morgan fingerprint density at radius 3 is 2.66 bits per heavy atom. The van der Waals surface area contributed by atoms with Crippen molar-refractivity contribution in [1.29, 1.82) is 0 Å². The summed E-state index contributed by atoms with van der Waals surface area (Å²) < 4.78 is 60.8. The molecule has 8 heteroatoms. The molecular formula is C21H18F4N2O2. The van der Waals surface area contributed by atoms with E-state index in [1.165, 1.54) is 24.3 Å². The summed E-state index contributed by atoms with van der Waals surface area (Å²) >= 11 is 0. The fourth-order valence-electron chi connectivity index (χ4n) is 3.40. The molecule has 1 fully saturated rings. The number of hydrogen-bond donors (Lipinski definition) is 1. The van der Waals surface area contributed by atoms with Crippen LogP contribution in [-0.4, -0.2) is 23.5 Å². The van der Waals surface area contributed by atoms with Gasteiger partial charge in [-0.05, 0) is 48.6 Å². The molecule has 1 heterocycles. The molecule has 0 spiro atoms. The summed E-state index contributed by atoms with van der Waals surface area (Å²) in [4.78, 5) is 4.05. The quantitative estimate of drug-likeness (QED) is 0.587. The number of benzene rings is 2. The van der Waals surface area contributed by atoms with Gasteiger partial charge in [-0.15, -0.1) is 13.2 Å². The summed E-state index contributed by atoms with van der Waals surface area (Å²) in [5.41, 5.74) is 0.589. The molecule has 1 saturated carbocycles. The highest BCUT2D eigenvalue weighted by Crippen LogP contribution is 2.30. The minimum Gasteiger partial charge on any atom is -0.490 e. The Labute approximate surface area is 164 Å². The van der Waals surface area contributed by atoms with E-state index in [-0.39, 0.29) is 23.7 Å². The first kappa shape index (κ1) is 19.4. The molecule has 0 unspecified atom stereocenters. The van der Waals surface area contributed by atoms with E-state index >= 15 is 0 Å². The molecule has 2 aromatic carbocycles. The lowest BCUT2D eigenvalue weighted by molar-refractivity contribution is -0.274. The van der Waals surface area contributed by atoms with Crippen molar-refractivity contribution < 1.29 is 27.0 Å². The predicted octanol–water partition coefficient (Wildman–Crippen LogP) is 4.97. The van der Waals surface area contributed by atoms with Crippen molar-refractivity contribution in [2.45, 2.75) is 37.9 Å². The molecule has 4 nitrogen and oxygen atoms in total. The number of ether oxygens (including phenoxy) is 2. The molecule has 29 heavy (non-hydrogen) atoms. The molecule has 3 aromatic rings. The van der Waals surface area contributed by atoms with Crippen LogP contribution in [0.5, 0.6) is 11.5 Å². The van der Waals surface area contributed by atoms with Gasteiger partial charge in [0.15, 0.2) is 0 Å². The topological polar surface area (TPSA) is 43.4 Å². The van der Waals surface area contributed by atoms with E-state index in [1.807, 2.05) is 0 Å². The van der Waals surface area contributed by atoms with Crippen molar-refractivity contribution in [1.82, 2.24) is 10.3 Å². The number of aromatic nitrogens is 1. The summed E-state index contributed by atoms with van der Waals surface area (Å²) in [6.07, 6.45) is -0.166. The number of hydrogen-bond acceptors (Lipinski definition) is 4. The van der Waals surface area contributed by atoms with Crippen molar-refractivity contribution in [3.63, 3.8) is 0 Å². The van der Waals surface area contributed by atoms with Crippen molar-refractivity contribution >= 4 is 10.8 Å². The number of nitrogens with one attached hydrogen (secondary N) is 1. The van der Waals surface area contributed by atoms with Crippen LogP contribution in [0, 0.1) is 5.82 Å². The van der Waals surface area contributed by atoms with Gasteiger partial charge in [0.25, 0.3) is 0 Å². The number of halogens is 4. The molecular weight excluding hydrogens is 388 g/mol. The molecule has 0 saturated heterocycles. The molecule has 1 aromatic heterocycles. The molecule has 1 aliphatic rings. The number of nitrogens with zero attached hydrogens (tertiary/aromatic N) is 1. The zero-order valence-electron chi connectivity index (χ0n) is 15.2. The third kappa shape index (κ3) is 4.76. The van der Waals surface area contributed by atoms with Crippen LogP contribution in [0.1, 0.15) is 18.4 Å². The fraction of sp³-hybridized carbons (Fsp3) is 0.286. The number of fused-ring (bicyclic) bond motifs is 1. The molecule has 1 aliphatic carbocycles. The Morgan fingerprint density at radius 2 is 1.86 bits per heavy atom. The van der Waals surface area contributed by atoms with Gasteiger partial charge >= 0.3 is 6.36 Å². The Morgan fingerprint density at radius 1 is 1.07 bits per heavy atom. The highest BCUT2D eigenvalue weighted by Gasteiger charge is 2.32. The maximum absolute atomic E-state index is 14.2. The number of pyridine rings is 1. The highest BCUT2D eigenvalue weighted by atomic mass is 19.4. The molecule has 1 N–H and O–H groups in total. The maximum Gasteiger partial charge on any atom is 0.573 e. The summed E-state index contributed by atoms with van der Waals surface area (Å²) in [5.74, 6) is -0.266. The van der Waals surface area contributed by atoms with Crippen LogP contribution in [0.2, 0.25) is 0 Å². The standard InChI is InChI=1S/C21H18F4N2O2/c22-20-5-4-13-11-26-7-6-18(13)19(20)12-27-14-8-17(9-14)28-15-2-1-3-16(10-15)29-21(23,24)25/h1-7,10-11,14,17,27H,8-9,12H2/t14-,17-. The second-order valence-corrected chi connectivity index (χ2v) is 6.93. The maximum atomic E-state index is 14.2. The van der Waals surface area contributed by atoms with Crippen molar-refractivity contribution in [2.75, 3.05) is 0 Å². The largest absolute Gasteiger partial charge is 0.573 e. The summed E-state index contributed by atoms with van der Waals surface area (Å²) in [5, 5.41) is 5.01. The molecule has 0 aliphatic heterocycles. The Kier molecular flexibility index (Phi) is 5.27. The lowest BCUT2D eigenvalue weighted by Gasteiger charge is -2.36. The number of alkyl halides is 3. The Balaban J connectivity index is 1.31. The zero-order chi connectivity index (χ0) is 20.4. The molecule has 152 valence electrons. The molecule has 4 rings (SSSR count). The lowest BCUT2D eigenvalue weighted by Crippen LogP contribution is -2.46. The van der Waals surface area contributed by atoms with Gasteiger partial charge in [-0.1, -0.05) is 6.07 Å². The Hall–Kier alpha value is -2.87. The molecule has 0 bridgehead atoms. The minimum absolute atomic E-state index is 0.116. The smallest absolute Gasteiger partial charge is 0.490 e. The first-order valence-corrected chi connectivity index (χ1v) is 9.14. The second-order valence-electron chi connectivity index (χ2n) is 6.93. The van der Waals surface area contributed by atoms with E-state index in [2.05, 4.69) is 15.0 Å². The van der Waals surface area contributed by atoms with Gasteiger partial charge in [-0.25, -0.2) is 4.39 Å². The van der Waals surface area contributed by atoms with Crippen molar-refractivity contribution in [3.05, 3.63) is 66.2 Å². The van der Waals surface area contributed by atoms with E-state index in [0.29, 0.717) is 30.7 Å². The number of rotatable bonds is 6. The van der Waals surface area contributed by atoms with Gasteiger partial charge in [0.1, 0.15) is 23.4 Å². The third-order valence-corrected chi connectivity index (χ3v) is 4.88. The van der Waals surface area contributed by atoms with Crippen molar-refractivity contribution in [3.8, 4) is 11.5 Å². The minimum atomic E-state index is -4.74. The van der Waals surface area contributed by atoms with Crippen LogP contribution in [0.3, 0.4) is 0 Å².